The van der Waals surface area contributed by atoms with Gasteiger partial charge in [0.25, 0.3) is 0 Å². The van der Waals surface area contributed by atoms with E-state index in [9.17, 15) is 4.79 Å². The number of esters is 1. The molecule has 0 spiro atoms. The minimum Gasteiger partial charge on any atom is -0.492 e. The first kappa shape index (κ1) is 22.4. The predicted octanol–water partition coefficient (Wildman–Crippen LogP) is 6.68. The molecule has 0 N–H and O–H groups in total. The molecule has 0 fully saturated rings. The van der Waals surface area contributed by atoms with Crippen molar-refractivity contribution in [1.82, 2.24) is 0 Å². The highest BCUT2D eigenvalue weighted by atomic mass is 16.5. The highest BCUT2D eigenvalue weighted by molar-refractivity contribution is 5.96. The molecule has 0 amide bonds. The van der Waals surface area contributed by atoms with Crippen molar-refractivity contribution in [3.8, 4) is 22.6 Å². The smallest absolute Gasteiger partial charge is 0.341 e. The molecule has 0 unspecified atom stereocenters. The van der Waals surface area contributed by atoms with Crippen LogP contribution in [0.15, 0.2) is 72.8 Å². The molecule has 0 atom stereocenters. The minimum atomic E-state index is -0.409. The number of carbonyl (C=O) groups excluding carboxylic acids is 1. The normalized spacial score (nSPS) is 10.5. The summed E-state index contributed by atoms with van der Waals surface area (Å²) in [6.07, 6.45) is 4.37. The molecule has 31 heavy (non-hydrogen) atoms. The number of hydrogen-bond acceptors (Lipinski definition) is 4. The van der Waals surface area contributed by atoms with E-state index in [4.69, 9.17) is 14.2 Å². The Balaban J connectivity index is 1.91. The van der Waals surface area contributed by atoms with Crippen LogP contribution in [0.2, 0.25) is 0 Å². The maximum absolute atomic E-state index is 12.4. The van der Waals surface area contributed by atoms with E-state index in [1.165, 1.54) is 13.5 Å². The molecule has 4 heteroatoms. The summed E-state index contributed by atoms with van der Waals surface area (Å²) in [6, 6.07) is 23.4. The molecule has 0 bridgehead atoms. The standard InChI is InChI=1S/C27H30O4/c1-3-4-5-11-19-30-26-23(16-12-17-24(26)27(28)29-2)22-15-9-10-18-25(22)31-20-21-13-7-6-8-14-21/h6-10,12-18H,3-5,11,19-20H2,1-2H3. The second kappa shape index (κ2) is 11.8. The van der Waals surface area contributed by atoms with Crippen LogP contribution in [-0.2, 0) is 11.3 Å². The molecular formula is C27H30O4. The van der Waals surface area contributed by atoms with Gasteiger partial charge in [-0.2, -0.15) is 0 Å². The molecule has 0 aliphatic rings. The monoisotopic (exact) mass is 418 g/mol. The fourth-order valence-corrected chi connectivity index (χ4v) is 3.43. The Bertz CT molecular complexity index is 966. The first-order valence-corrected chi connectivity index (χ1v) is 10.8. The van der Waals surface area contributed by atoms with Gasteiger partial charge >= 0.3 is 5.97 Å². The Hall–Kier alpha value is -3.27. The first-order chi connectivity index (χ1) is 15.2. The van der Waals surface area contributed by atoms with E-state index < -0.39 is 5.97 Å². The van der Waals surface area contributed by atoms with Crippen LogP contribution in [0, 0.1) is 0 Å². The topological polar surface area (TPSA) is 44.8 Å². The van der Waals surface area contributed by atoms with Crippen LogP contribution in [0.4, 0.5) is 0 Å². The van der Waals surface area contributed by atoms with E-state index in [0.29, 0.717) is 24.5 Å². The van der Waals surface area contributed by atoms with Gasteiger partial charge in [-0.1, -0.05) is 86.8 Å². The van der Waals surface area contributed by atoms with Gasteiger partial charge < -0.3 is 14.2 Å². The Morgan fingerprint density at radius 1 is 0.774 bits per heavy atom. The number of methoxy groups -OCH3 is 1. The fraction of sp³-hybridized carbons (Fsp3) is 0.296. The lowest BCUT2D eigenvalue weighted by molar-refractivity contribution is 0.0596. The second-order valence-electron chi connectivity index (χ2n) is 7.35. The highest BCUT2D eigenvalue weighted by Crippen LogP contribution is 2.39. The van der Waals surface area contributed by atoms with Gasteiger partial charge in [0.2, 0.25) is 0 Å². The summed E-state index contributed by atoms with van der Waals surface area (Å²) in [4.78, 5) is 12.4. The van der Waals surface area contributed by atoms with E-state index in [1.54, 1.807) is 6.07 Å². The Labute approximate surface area is 184 Å². The van der Waals surface area contributed by atoms with Gasteiger partial charge in [-0.3, -0.25) is 0 Å². The highest BCUT2D eigenvalue weighted by Gasteiger charge is 2.20. The third-order valence-corrected chi connectivity index (χ3v) is 5.08. The van der Waals surface area contributed by atoms with Crippen LogP contribution < -0.4 is 9.47 Å². The average Bonchev–Trinajstić information content (AvgIpc) is 2.83. The van der Waals surface area contributed by atoms with Crippen LogP contribution in [0.1, 0.15) is 48.5 Å². The summed E-state index contributed by atoms with van der Waals surface area (Å²) in [7, 11) is 1.39. The number of unbranched alkanes of at least 4 members (excludes halogenated alkanes) is 3. The van der Waals surface area contributed by atoms with Gasteiger partial charge in [0, 0.05) is 11.1 Å². The van der Waals surface area contributed by atoms with E-state index in [2.05, 4.69) is 6.92 Å². The van der Waals surface area contributed by atoms with Crippen LogP contribution >= 0.6 is 0 Å². The summed E-state index contributed by atoms with van der Waals surface area (Å²) in [6.45, 7) is 3.19. The molecule has 0 heterocycles. The van der Waals surface area contributed by atoms with E-state index >= 15 is 0 Å². The largest absolute Gasteiger partial charge is 0.492 e. The molecular weight excluding hydrogens is 388 g/mol. The number of rotatable bonds is 11. The van der Waals surface area contributed by atoms with E-state index in [0.717, 1.165) is 41.7 Å². The summed E-state index contributed by atoms with van der Waals surface area (Å²) in [5.41, 5.74) is 3.22. The van der Waals surface area contributed by atoms with Crippen LogP contribution in [0.3, 0.4) is 0 Å². The number of carbonyl (C=O) groups is 1. The number of benzene rings is 3. The third kappa shape index (κ3) is 6.11. The fourth-order valence-electron chi connectivity index (χ4n) is 3.43. The van der Waals surface area contributed by atoms with Gasteiger partial charge in [0.1, 0.15) is 23.7 Å². The molecule has 0 radical (unpaired) electrons. The van der Waals surface area contributed by atoms with Crippen molar-refractivity contribution >= 4 is 5.97 Å². The van der Waals surface area contributed by atoms with Gasteiger partial charge in [-0.15, -0.1) is 0 Å². The second-order valence-corrected chi connectivity index (χ2v) is 7.35. The van der Waals surface area contributed by atoms with Crippen molar-refractivity contribution in [3.63, 3.8) is 0 Å². The van der Waals surface area contributed by atoms with Crippen molar-refractivity contribution in [2.45, 2.75) is 39.2 Å². The van der Waals surface area contributed by atoms with Crippen molar-refractivity contribution in [2.24, 2.45) is 0 Å². The number of ether oxygens (including phenoxy) is 3. The number of para-hydroxylation sites is 2. The first-order valence-electron chi connectivity index (χ1n) is 10.8. The molecule has 0 aliphatic carbocycles. The lowest BCUT2D eigenvalue weighted by Crippen LogP contribution is -2.08. The van der Waals surface area contributed by atoms with E-state index in [-0.39, 0.29) is 0 Å². The molecule has 3 rings (SSSR count). The van der Waals surface area contributed by atoms with E-state index in [1.807, 2.05) is 66.7 Å². The van der Waals surface area contributed by atoms with Crippen LogP contribution in [-0.4, -0.2) is 19.7 Å². The minimum absolute atomic E-state index is 0.409. The summed E-state index contributed by atoms with van der Waals surface area (Å²) in [5, 5.41) is 0. The zero-order valence-corrected chi connectivity index (χ0v) is 18.3. The maximum Gasteiger partial charge on any atom is 0.341 e. The van der Waals surface area contributed by atoms with Crippen molar-refractivity contribution in [2.75, 3.05) is 13.7 Å². The Morgan fingerprint density at radius 3 is 2.29 bits per heavy atom. The third-order valence-electron chi connectivity index (χ3n) is 5.08. The van der Waals surface area contributed by atoms with Crippen molar-refractivity contribution in [1.29, 1.82) is 0 Å². The SMILES string of the molecule is CCCCCCOc1c(C(=O)OC)cccc1-c1ccccc1OCc1ccccc1. The molecule has 0 aromatic heterocycles. The maximum atomic E-state index is 12.4. The van der Waals surface area contributed by atoms with Gasteiger partial charge in [-0.05, 0) is 24.1 Å². The lowest BCUT2D eigenvalue weighted by atomic mass is 10.00. The predicted molar refractivity (Wildman–Crippen MR) is 124 cm³/mol. The van der Waals surface area contributed by atoms with Gasteiger partial charge in [0.05, 0.1) is 13.7 Å². The van der Waals surface area contributed by atoms with Crippen LogP contribution in [0.5, 0.6) is 11.5 Å². The Morgan fingerprint density at radius 2 is 1.52 bits per heavy atom. The summed E-state index contributed by atoms with van der Waals surface area (Å²) in [5.74, 6) is 0.874. The lowest BCUT2D eigenvalue weighted by Gasteiger charge is -2.18. The van der Waals surface area contributed by atoms with Gasteiger partial charge in [-0.25, -0.2) is 4.79 Å². The van der Waals surface area contributed by atoms with Crippen LogP contribution in [0.25, 0.3) is 11.1 Å². The molecule has 3 aromatic rings. The molecule has 0 aliphatic heterocycles. The number of hydrogen-bond donors (Lipinski definition) is 0. The average molecular weight is 419 g/mol. The van der Waals surface area contributed by atoms with Gasteiger partial charge in [0.15, 0.2) is 0 Å². The summed E-state index contributed by atoms with van der Waals surface area (Å²) < 4.78 is 17.3. The molecule has 0 saturated heterocycles. The molecule has 4 nitrogen and oxygen atoms in total. The summed E-state index contributed by atoms with van der Waals surface area (Å²) >= 11 is 0. The molecule has 3 aromatic carbocycles. The van der Waals surface area contributed by atoms with Crippen molar-refractivity contribution in [3.05, 3.63) is 83.9 Å². The molecule has 0 saturated carbocycles. The zero-order chi connectivity index (χ0) is 21.9. The van der Waals surface area contributed by atoms with Crippen molar-refractivity contribution < 1.29 is 19.0 Å². The molecule has 162 valence electrons. The Kier molecular flexibility index (Phi) is 8.53. The zero-order valence-electron chi connectivity index (χ0n) is 18.3. The quantitative estimate of drug-likeness (QED) is 0.257.